The standard InChI is InChI=1S/C26H27NO2S.C19H21NO2S/c1-20-11-13-25(14-12-20)30(28,29)27(19-22-7-4-3-5-8-22)16-15-23-9-6-10-24-17-21(2)18-26(23)24;1-14-6-8-18(9-7-14)23(21,22)20-11-10-16-4-3-5-17-12-15(2)13-19(16)17/h3-14,17H,15-16,18-19H2,1-2H3;3-9,12,20H,10-11,13H2,1-2H3. The summed E-state index contributed by atoms with van der Waals surface area (Å²) in [5.41, 5.74) is 13.4. The topological polar surface area (TPSA) is 83.6 Å². The Bertz CT molecular complexity index is 2350. The third-order valence-corrected chi connectivity index (χ3v) is 13.2. The average Bonchev–Trinajstić information content (AvgIpc) is 3.72. The van der Waals surface area contributed by atoms with Gasteiger partial charge in [-0.2, -0.15) is 4.31 Å². The Hall–Kier alpha value is -4.60. The molecule has 2 aliphatic rings. The molecule has 7 rings (SSSR count). The highest BCUT2D eigenvalue weighted by molar-refractivity contribution is 7.89. The summed E-state index contributed by atoms with van der Waals surface area (Å²) in [6.07, 6.45) is 7.75. The van der Waals surface area contributed by atoms with Gasteiger partial charge in [-0.25, -0.2) is 21.6 Å². The Kier molecular flexibility index (Phi) is 11.9. The van der Waals surface area contributed by atoms with Crippen LogP contribution in [0.5, 0.6) is 0 Å². The van der Waals surface area contributed by atoms with E-state index in [2.05, 4.69) is 61.1 Å². The predicted octanol–water partition coefficient (Wildman–Crippen LogP) is 8.86. The van der Waals surface area contributed by atoms with Crippen molar-refractivity contribution in [3.8, 4) is 0 Å². The van der Waals surface area contributed by atoms with Gasteiger partial charge in [0.25, 0.3) is 0 Å². The van der Waals surface area contributed by atoms with Crippen molar-refractivity contribution < 1.29 is 16.8 Å². The van der Waals surface area contributed by atoms with Crippen LogP contribution in [0.25, 0.3) is 12.2 Å². The van der Waals surface area contributed by atoms with Crippen molar-refractivity contribution in [1.29, 1.82) is 0 Å². The van der Waals surface area contributed by atoms with E-state index in [0.717, 1.165) is 29.5 Å². The van der Waals surface area contributed by atoms with Gasteiger partial charge in [0.2, 0.25) is 20.0 Å². The molecule has 0 unspecified atom stereocenters. The maximum atomic E-state index is 13.5. The van der Waals surface area contributed by atoms with Gasteiger partial charge in [-0.1, -0.05) is 125 Å². The molecule has 0 aliphatic heterocycles. The Balaban J connectivity index is 0.000000188. The van der Waals surface area contributed by atoms with Crippen LogP contribution < -0.4 is 4.72 Å². The number of sulfonamides is 2. The lowest BCUT2D eigenvalue weighted by molar-refractivity contribution is 0.409. The fourth-order valence-corrected chi connectivity index (χ4v) is 9.43. The molecule has 5 aromatic rings. The van der Waals surface area contributed by atoms with E-state index in [9.17, 15) is 16.8 Å². The number of benzene rings is 5. The van der Waals surface area contributed by atoms with Crippen molar-refractivity contribution in [2.75, 3.05) is 13.1 Å². The van der Waals surface area contributed by atoms with E-state index in [-0.39, 0.29) is 0 Å². The van der Waals surface area contributed by atoms with E-state index in [4.69, 9.17) is 0 Å². The molecule has 8 heteroatoms. The molecule has 53 heavy (non-hydrogen) atoms. The maximum Gasteiger partial charge on any atom is 0.243 e. The van der Waals surface area contributed by atoms with Crippen LogP contribution in [-0.2, 0) is 52.3 Å². The normalized spacial score (nSPS) is 13.5. The second kappa shape index (κ2) is 16.6. The van der Waals surface area contributed by atoms with Crippen LogP contribution in [0.3, 0.4) is 0 Å². The molecule has 0 saturated carbocycles. The van der Waals surface area contributed by atoms with Gasteiger partial charge in [-0.15, -0.1) is 0 Å². The van der Waals surface area contributed by atoms with Crippen molar-refractivity contribution in [3.63, 3.8) is 0 Å². The molecule has 0 atom stereocenters. The number of hydrogen-bond acceptors (Lipinski definition) is 4. The quantitative estimate of drug-likeness (QED) is 0.138. The lowest BCUT2D eigenvalue weighted by Crippen LogP contribution is -2.32. The fraction of sp³-hybridized carbons (Fsp3) is 0.244. The Morgan fingerprint density at radius 1 is 0.566 bits per heavy atom. The van der Waals surface area contributed by atoms with Crippen LogP contribution in [0.2, 0.25) is 0 Å². The van der Waals surface area contributed by atoms with Crippen molar-refractivity contribution in [3.05, 3.63) is 176 Å². The van der Waals surface area contributed by atoms with Gasteiger partial charge in [0, 0.05) is 19.6 Å². The highest BCUT2D eigenvalue weighted by Gasteiger charge is 2.25. The van der Waals surface area contributed by atoms with Crippen LogP contribution in [-0.4, -0.2) is 34.2 Å². The minimum absolute atomic E-state index is 0.318. The number of nitrogens with zero attached hydrogens (tertiary/aromatic N) is 1. The van der Waals surface area contributed by atoms with Gasteiger partial charge in [0.05, 0.1) is 9.79 Å². The SMILES string of the molecule is CC1=Cc2cccc(CCN(Cc3ccccc3)S(=O)(=O)c3ccc(C)cc3)c2C1.CC1=Cc2cccc(CCNS(=O)(=O)c3ccc(C)cc3)c2C1. The van der Waals surface area contributed by atoms with Crippen molar-refractivity contribution in [2.45, 2.75) is 69.7 Å². The molecule has 5 aromatic carbocycles. The lowest BCUT2D eigenvalue weighted by atomic mass is 10.00. The lowest BCUT2D eigenvalue weighted by Gasteiger charge is -2.23. The van der Waals surface area contributed by atoms with E-state index in [1.165, 1.54) is 44.5 Å². The Morgan fingerprint density at radius 3 is 1.62 bits per heavy atom. The first-order chi connectivity index (χ1) is 25.4. The summed E-state index contributed by atoms with van der Waals surface area (Å²) < 4.78 is 55.9. The van der Waals surface area contributed by atoms with Crippen LogP contribution in [0.1, 0.15) is 63.9 Å². The predicted molar refractivity (Wildman–Crippen MR) is 217 cm³/mol. The van der Waals surface area contributed by atoms with Crippen molar-refractivity contribution in [1.82, 2.24) is 9.03 Å². The first-order valence-electron chi connectivity index (χ1n) is 18.1. The molecular formula is C45H48N2O4S2. The number of rotatable bonds is 12. The van der Waals surface area contributed by atoms with Crippen LogP contribution in [0.4, 0.5) is 0 Å². The molecule has 274 valence electrons. The number of fused-ring (bicyclic) bond motifs is 2. The summed E-state index contributed by atoms with van der Waals surface area (Å²) in [6, 6.07) is 36.4. The molecule has 0 radical (unpaired) electrons. The first-order valence-corrected chi connectivity index (χ1v) is 21.0. The van der Waals surface area contributed by atoms with Gasteiger partial charge >= 0.3 is 0 Å². The van der Waals surface area contributed by atoms with Crippen LogP contribution in [0, 0.1) is 13.8 Å². The van der Waals surface area contributed by atoms with Gasteiger partial charge in [0.1, 0.15) is 0 Å². The zero-order chi connectivity index (χ0) is 37.6. The molecule has 0 saturated heterocycles. The maximum absolute atomic E-state index is 13.5. The zero-order valence-corrected chi connectivity index (χ0v) is 32.6. The van der Waals surface area contributed by atoms with E-state index in [0.29, 0.717) is 42.3 Å². The largest absolute Gasteiger partial charge is 0.243 e. The van der Waals surface area contributed by atoms with Gasteiger partial charge in [-0.3, -0.25) is 0 Å². The highest BCUT2D eigenvalue weighted by Crippen LogP contribution is 2.30. The second-order valence-electron chi connectivity index (χ2n) is 14.2. The smallest absolute Gasteiger partial charge is 0.211 e. The Labute approximate surface area is 316 Å². The van der Waals surface area contributed by atoms with Crippen LogP contribution in [0.15, 0.2) is 136 Å². The molecule has 1 N–H and O–H groups in total. The number of hydrogen-bond donors (Lipinski definition) is 1. The number of allylic oxidation sites excluding steroid dienone is 2. The third kappa shape index (κ3) is 9.50. The molecule has 0 amide bonds. The number of nitrogens with one attached hydrogen (secondary N) is 1. The molecule has 0 fully saturated rings. The van der Waals surface area contributed by atoms with E-state index >= 15 is 0 Å². The summed E-state index contributed by atoms with van der Waals surface area (Å²) in [5, 5.41) is 0. The monoisotopic (exact) mass is 744 g/mol. The molecule has 0 heterocycles. The fourth-order valence-electron chi connectivity index (χ4n) is 6.97. The van der Waals surface area contributed by atoms with Crippen LogP contribution >= 0.6 is 0 Å². The van der Waals surface area contributed by atoms with E-state index < -0.39 is 20.0 Å². The highest BCUT2D eigenvalue weighted by atomic mass is 32.2. The van der Waals surface area contributed by atoms with Crippen molar-refractivity contribution >= 4 is 32.2 Å². The summed E-state index contributed by atoms with van der Waals surface area (Å²) in [4.78, 5) is 0.665. The minimum atomic E-state index is -3.59. The average molecular weight is 745 g/mol. The van der Waals surface area contributed by atoms with Gasteiger partial charge < -0.3 is 0 Å². The van der Waals surface area contributed by atoms with Gasteiger partial charge in [0.15, 0.2) is 0 Å². The summed E-state index contributed by atoms with van der Waals surface area (Å²) in [7, 11) is -7.03. The molecule has 0 spiro atoms. The molecular weight excluding hydrogens is 697 g/mol. The molecule has 0 bridgehead atoms. The second-order valence-corrected chi connectivity index (χ2v) is 17.9. The Morgan fingerprint density at radius 2 is 1.08 bits per heavy atom. The molecule has 2 aliphatic carbocycles. The summed E-state index contributed by atoms with van der Waals surface area (Å²) >= 11 is 0. The summed E-state index contributed by atoms with van der Waals surface area (Å²) in [5.74, 6) is 0. The minimum Gasteiger partial charge on any atom is -0.211 e. The first kappa shape index (κ1) is 38.1. The van der Waals surface area contributed by atoms with Gasteiger partial charge in [-0.05, 0) is 117 Å². The number of aryl methyl sites for hydroxylation is 2. The van der Waals surface area contributed by atoms with Crippen molar-refractivity contribution in [2.24, 2.45) is 0 Å². The van der Waals surface area contributed by atoms with E-state index in [1.807, 2.05) is 74.5 Å². The van der Waals surface area contributed by atoms with E-state index in [1.54, 1.807) is 28.6 Å². The molecule has 0 aromatic heterocycles. The summed E-state index contributed by atoms with van der Waals surface area (Å²) in [6.45, 7) is 9.40. The zero-order valence-electron chi connectivity index (χ0n) is 31.0. The molecule has 6 nitrogen and oxygen atoms in total. The third-order valence-electron chi connectivity index (χ3n) is 9.84.